The number of methoxy groups -OCH3 is 1. The minimum absolute atomic E-state index is 0.0151. The number of benzene rings is 1. The van der Waals surface area contributed by atoms with Crippen LogP contribution in [0, 0.1) is 0 Å². The van der Waals surface area contributed by atoms with Gasteiger partial charge in [0.2, 0.25) is 15.9 Å². The summed E-state index contributed by atoms with van der Waals surface area (Å²) >= 11 is 6.11. The number of nitrogens with one attached hydrogen (secondary N) is 2. The van der Waals surface area contributed by atoms with E-state index in [2.05, 4.69) is 15.0 Å². The number of sulfonamides is 1. The van der Waals surface area contributed by atoms with Crippen molar-refractivity contribution >= 4 is 33.2 Å². The van der Waals surface area contributed by atoms with E-state index in [1.807, 2.05) is 0 Å². The Balaban J connectivity index is 1.74. The van der Waals surface area contributed by atoms with E-state index in [-0.39, 0.29) is 40.6 Å². The first-order valence-corrected chi connectivity index (χ1v) is 11.6. The van der Waals surface area contributed by atoms with Crippen LogP contribution in [0.15, 0.2) is 41.4 Å². The van der Waals surface area contributed by atoms with Crippen molar-refractivity contribution < 1.29 is 27.4 Å². The maximum absolute atomic E-state index is 12.8. The van der Waals surface area contributed by atoms with Crippen LogP contribution >= 0.6 is 11.6 Å². The molecule has 1 saturated heterocycles. The largest absolute Gasteiger partial charge is 0.474 e. The molecule has 1 aromatic carbocycles. The zero-order chi connectivity index (χ0) is 22.3. The zero-order valence-corrected chi connectivity index (χ0v) is 18.5. The van der Waals surface area contributed by atoms with E-state index in [0.29, 0.717) is 18.9 Å². The molecule has 1 fully saturated rings. The first-order valence-electron chi connectivity index (χ1n) is 9.69. The van der Waals surface area contributed by atoms with Gasteiger partial charge >= 0.3 is 0 Å². The predicted octanol–water partition coefficient (Wildman–Crippen LogP) is 2.47. The van der Waals surface area contributed by atoms with Gasteiger partial charge in [-0.2, -0.15) is 0 Å². The van der Waals surface area contributed by atoms with Gasteiger partial charge in [0.25, 0.3) is 5.91 Å². The van der Waals surface area contributed by atoms with Gasteiger partial charge in [-0.1, -0.05) is 11.6 Å². The fourth-order valence-corrected chi connectivity index (χ4v) is 4.54. The molecule has 1 unspecified atom stereocenters. The molecule has 168 valence electrons. The molecule has 2 N–H and O–H groups in total. The second-order valence-corrected chi connectivity index (χ2v) is 8.93. The number of ether oxygens (including phenoxy) is 3. The molecule has 0 aliphatic carbocycles. The van der Waals surface area contributed by atoms with E-state index >= 15 is 0 Å². The molecule has 1 atom stereocenters. The molecule has 11 heteroatoms. The second kappa shape index (κ2) is 10.9. The topological polar surface area (TPSA) is 116 Å². The molecule has 31 heavy (non-hydrogen) atoms. The molecular weight excluding hydrogens is 446 g/mol. The number of hydrogen-bond acceptors (Lipinski definition) is 7. The number of aromatic nitrogens is 1. The quantitative estimate of drug-likeness (QED) is 0.513. The van der Waals surface area contributed by atoms with E-state index < -0.39 is 15.9 Å². The lowest BCUT2D eigenvalue weighted by atomic mass is 10.2. The zero-order valence-electron chi connectivity index (χ0n) is 17.0. The molecule has 0 spiro atoms. The van der Waals surface area contributed by atoms with Gasteiger partial charge in [-0.25, -0.2) is 18.1 Å². The first kappa shape index (κ1) is 23.4. The second-order valence-electron chi connectivity index (χ2n) is 6.78. The number of pyridine rings is 1. The molecule has 0 bridgehead atoms. The van der Waals surface area contributed by atoms with Crippen molar-refractivity contribution in [2.24, 2.45) is 0 Å². The van der Waals surface area contributed by atoms with E-state index in [1.165, 1.54) is 24.4 Å². The number of amides is 1. The Bertz CT molecular complexity index is 1010. The van der Waals surface area contributed by atoms with Crippen LogP contribution in [-0.2, 0) is 19.5 Å². The molecular formula is C20H24ClN3O6S. The average Bonchev–Trinajstić information content (AvgIpc) is 3.28. The van der Waals surface area contributed by atoms with Gasteiger partial charge in [0.15, 0.2) is 0 Å². The molecule has 1 aliphatic rings. The molecule has 0 radical (unpaired) electrons. The van der Waals surface area contributed by atoms with Gasteiger partial charge in [-0.15, -0.1) is 0 Å². The van der Waals surface area contributed by atoms with Crippen LogP contribution in [0.4, 0.5) is 5.69 Å². The summed E-state index contributed by atoms with van der Waals surface area (Å²) in [5.74, 6) is -0.301. The maximum Gasteiger partial charge on any atom is 0.255 e. The molecule has 1 aromatic heterocycles. The van der Waals surface area contributed by atoms with Crippen LogP contribution in [0.3, 0.4) is 0 Å². The summed E-state index contributed by atoms with van der Waals surface area (Å²) in [7, 11) is -2.38. The van der Waals surface area contributed by atoms with Crippen molar-refractivity contribution in [2.75, 3.05) is 38.8 Å². The van der Waals surface area contributed by atoms with Crippen molar-refractivity contribution in [1.82, 2.24) is 9.71 Å². The normalized spacial score (nSPS) is 16.3. The Morgan fingerprint density at radius 3 is 2.90 bits per heavy atom. The molecule has 1 amide bonds. The number of carbonyl (C=O) groups is 1. The highest BCUT2D eigenvalue weighted by molar-refractivity contribution is 7.89. The van der Waals surface area contributed by atoms with Gasteiger partial charge in [0.05, 0.1) is 17.7 Å². The number of rotatable bonds is 10. The fourth-order valence-electron chi connectivity index (χ4n) is 2.95. The Morgan fingerprint density at radius 2 is 2.16 bits per heavy atom. The summed E-state index contributed by atoms with van der Waals surface area (Å²) in [6, 6.07) is 7.32. The van der Waals surface area contributed by atoms with Gasteiger partial charge < -0.3 is 19.5 Å². The number of halogens is 1. The Kier molecular flexibility index (Phi) is 8.22. The van der Waals surface area contributed by atoms with E-state index in [0.717, 1.165) is 12.8 Å². The van der Waals surface area contributed by atoms with Gasteiger partial charge in [0.1, 0.15) is 17.2 Å². The van der Waals surface area contributed by atoms with Crippen LogP contribution in [-0.4, -0.2) is 58.9 Å². The fraction of sp³-hybridized carbons (Fsp3) is 0.400. The third kappa shape index (κ3) is 6.37. The Morgan fingerprint density at radius 1 is 1.32 bits per heavy atom. The van der Waals surface area contributed by atoms with Crippen molar-refractivity contribution in [2.45, 2.75) is 23.8 Å². The monoisotopic (exact) mass is 469 g/mol. The third-order valence-electron chi connectivity index (χ3n) is 4.55. The lowest BCUT2D eigenvalue weighted by Gasteiger charge is -2.14. The molecule has 3 rings (SSSR count). The smallest absolute Gasteiger partial charge is 0.255 e. The van der Waals surface area contributed by atoms with E-state index in [9.17, 15) is 13.2 Å². The highest BCUT2D eigenvalue weighted by Crippen LogP contribution is 2.25. The molecule has 2 heterocycles. The highest BCUT2D eigenvalue weighted by atomic mass is 35.5. The molecule has 0 saturated carbocycles. The SMILES string of the molecule is COCCOc1ncccc1NC(=O)c1ccc(Cl)c(S(=O)(=O)NCC2CCCO2)c1. The van der Waals surface area contributed by atoms with Crippen molar-refractivity contribution in [3.63, 3.8) is 0 Å². The molecule has 2 aromatic rings. The lowest BCUT2D eigenvalue weighted by molar-refractivity contribution is 0.102. The summed E-state index contributed by atoms with van der Waals surface area (Å²) < 4.78 is 43.8. The standard InChI is InChI=1S/C20H24ClN3O6S/c1-28-10-11-30-20-17(5-2-8-22-20)24-19(25)14-6-7-16(21)18(12-14)31(26,27)23-13-15-4-3-9-29-15/h2,5-8,12,15,23H,3-4,9-11,13H2,1H3,(H,24,25). The summed E-state index contributed by atoms with van der Waals surface area (Å²) in [5, 5.41) is 2.70. The van der Waals surface area contributed by atoms with Crippen molar-refractivity contribution in [3.8, 4) is 5.88 Å². The number of carbonyl (C=O) groups excluding carboxylic acids is 1. The van der Waals surface area contributed by atoms with Crippen LogP contribution in [0.1, 0.15) is 23.2 Å². The highest BCUT2D eigenvalue weighted by Gasteiger charge is 2.23. The third-order valence-corrected chi connectivity index (χ3v) is 6.46. The van der Waals surface area contributed by atoms with Gasteiger partial charge in [0, 0.05) is 32.0 Å². The van der Waals surface area contributed by atoms with E-state index in [1.54, 1.807) is 19.2 Å². The van der Waals surface area contributed by atoms with Crippen LogP contribution < -0.4 is 14.8 Å². The predicted molar refractivity (Wildman–Crippen MR) is 115 cm³/mol. The number of hydrogen-bond donors (Lipinski definition) is 2. The lowest BCUT2D eigenvalue weighted by Crippen LogP contribution is -2.32. The summed E-state index contributed by atoms with van der Waals surface area (Å²) in [5.41, 5.74) is 0.466. The minimum atomic E-state index is -3.92. The summed E-state index contributed by atoms with van der Waals surface area (Å²) in [6.07, 6.45) is 3.05. The average molecular weight is 470 g/mol. The van der Waals surface area contributed by atoms with Crippen molar-refractivity contribution in [1.29, 1.82) is 0 Å². The van der Waals surface area contributed by atoms with Crippen LogP contribution in [0.5, 0.6) is 5.88 Å². The van der Waals surface area contributed by atoms with E-state index in [4.69, 9.17) is 25.8 Å². The van der Waals surface area contributed by atoms with Gasteiger partial charge in [-0.05, 0) is 43.2 Å². The first-order chi connectivity index (χ1) is 14.9. The summed E-state index contributed by atoms with van der Waals surface area (Å²) in [6.45, 7) is 1.39. The Hall–Kier alpha value is -2.24. The van der Waals surface area contributed by atoms with Gasteiger partial charge in [-0.3, -0.25) is 4.79 Å². The molecule has 9 nitrogen and oxygen atoms in total. The number of nitrogens with zero attached hydrogens (tertiary/aromatic N) is 1. The minimum Gasteiger partial charge on any atom is -0.474 e. The molecule has 1 aliphatic heterocycles. The Labute approximate surface area is 186 Å². The number of anilines is 1. The van der Waals surface area contributed by atoms with Crippen LogP contribution in [0.2, 0.25) is 5.02 Å². The van der Waals surface area contributed by atoms with Crippen LogP contribution in [0.25, 0.3) is 0 Å². The summed E-state index contributed by atoms with van der Waals surface area (Å²) in [4.78, 5) is 16.7. The van der Waals surface area contributed by atoms with Crippen molar-refractivity contribution in [3.05, 3.63) is 47.1 Å². The maximum atomic E-state index is 12.8.